The molecule has 1 aromatic carbocycles. The van der Waals surface area contributed by atoms with Crippen molar-refractivity contribution in [1.82, 2.24) is 9.61 Å². The summed E-state index contributed by atoms with van der Waals surface area (Å²) in [5.41, 5.74) is 2.32. The molecular formula is C11H10N3S+. The van der Waals surface area contributed by atoms with Crippen molar-refractivity contribution in [2.45, 2.75) is 6.92 Å². The number of rotatable bonds is 1. The van der Waals surface area contributed by atoms with Crippen LogP contribution in [0.15, 0.2) is 42.0 Å². The van der Waals surface area contributed by atoms with Crippen molar-refractivity contribution in [1.29, 1.82) is 0 Å². The van der Waals surface area contributed by atoms with E-state index in [-0.39, 0.29) is 0 Å². The summed E-state index contributed by atoms with van der Waals surface area (Å²) in [6.45, 7) is 2.06. The maximum Gasteiger partial charge on any atom is 0.328 e. The average molecular weight is 216 g/mol. The second-order valence-corrected chi connectivity index (χ2v) is 4.24. The zero-order chi connectivity index (χ0) is 10.3. The Morgan fingerprint density at radius 3 is 2.87 bits per heavy atom. The summed E-state index contributed by atoms with van der Waals surface area (Å²) in [5.74, 6) is 0. The molecule has 0 saturated heterocycles. The van der Waals surface area contributed by atoms with Crippen molar-refractivity contribution in [3.05, 3.63) is 47.7 Å². The van der Waals surface area contributed by atoms with Crippen molar-refractivity contribution >= 4 is 16.3 Å². The molecule has 0 atom stereocenters. The lowest BCUT2D eigenvalue weighted by Gasteiger charge is -1.93. The fraction of sp³-hybridized carbons (Fsp3) is 0.0909. The van der Waals surface area contributed by atoms with Crippen molar-refractivity contribution < 1.29 is 4.57 Å². The van der Waals surface area contributed by atoms with Crippen LogP contribution in [0.25, 0.3) is 10.6 Å². The molecule has 0 unspecified atom stereocenters. The Kier molecular flexibility index (Phi) is 1.82. The van der Waals surface area contributed by atoms with Gasteiger partial charge in [0.1, 0.15) is 11.4 Å². The zero-order valence-corrected chi connectivity index (χ0v) is 9.11. The first kappa shape index (κ1) is 8.61. The van der Waals surface area contributed by atoms with Gasteiger partial charge in [0, 0.05) is 10.5 Å². The molecule has 0 bridgehead atoms. The summed E-state index contributed by atoms with van der Waals surface area (Å²) >= 11 is 1.71. The minimum atomic E-state index is 1.14. The van der Waals surface area contributed by atoms with Gasteiger partial charge in [-0.05, 0) is 19.1 Å². The normalized spacial score (nSPS) is 11.0. The molecule has 2 heterocycles. The van der Waals surface area contributed by atoms with Crippen LogP contribution < -0.4 is 4.57 Å². The lowest BCUT2D eigenvalue weighted by molar-refractivity contribution is -0.566. The number of aryl methyl sites for hydroxylation is 1. The summed E-state index contributed by atoms with van der Waals surface area (Å²) in [7, 11) is 0. The summed E-state index contributed by atoms with van der Waals surface area (Å²) in [6, 6.07) is 10.2. The third-order valence-electron chi connectivity index (χ3n) is 2.37. The van der Waals surface area contributed by atoms with E-state index in [0.717, 1.165) is 10.6 Å². The molecule has 0 spiro atoms. The molecule has 4 heteroatoms. The average Bonchev–Trinajstić information content (AvgIpc) is 2.83. The first-order chi connectivity index (χ1) is 7.36. The van der Waals surface area contributed by atoms with E-state index < -0.39 is 0 Å². The van der Waals surface area contributed by atoms with Crippen molar-refractivity contribution in [2.24, 2.45) is 0 Å². The van der Waals surface area contributed by atoms with Crippen LogP contribution in [-0.4, -0.2) is 9.61 Å². The van der Waals surface area contributed by atoms with Gasteiger partial charge in [-0.3, -0.25) is 0 Å². The lowest BCUT2D eigenvalue weighted by atomic mass is 10.3. The number of benzene rings is 1. The van der Waals surface area contributed by atoms with Gasteiger partial charge in [-0.15, -0.1) is 0 Å². The van der Waals surface area contributed by atoms with Gasteiger partial charge in [0.25, 0.3) is 6.33 Å². The van der Waals surface area contributed by atoms with E-state index in [1.54, 1.807) is 11.3 Å². The molecule has 3 rings (SSSR count). The second kappa shape index (κ2) is 3.17. The quantitative estimate of drug-likeness (QED) is 0.570. The summed E-state index contributed by atoms with van der Waals surface area (Å²) < 4.78 is 4.05. The third kappa shape index (κ3) is 1.26. The molecule has 15 heavy (non-hydrogen) atoms. The molecule has 0 aliphatic carbocycles. The lowest BCUT2D eigenvalue weighted by Crippen LogP contribution is -2.27. The number of para-hydroxylation sites is 1. The van der Waals surface area contributed by atoms with E-state index in [1.807, 2.05) is 29.0 Å². The smallest absolute Gasteiger partial charge is 0.187 e. The predicted octanol–water partition coefficient (Wildman–Crippen LogP) is 1.98. The monoisotopic (exact) mass is 216 g/mol. The maximum absolute atomic E-state index is 4.34. The highest BCUT2D eigenvalue weighted by molar-refractivity contribution is 7.14. The Hall–Kier alpha value is -1.68. The SMILES string of the molecule is Cc1csc2n1nc[n+]2-c1ccccc1. The highest BCUT2D eigenvalue weighted by atomic mass is 32.1. The first-order valence-electron chi connectivity index (χ1n) is 4.75. The van der Waals surface area contributed by atoms with Gasteiger partial charge in [-0.2, -0.15) is 4.57 Å². The fourth-order valence-corrected chi connectivity index (χ4v) is 2.54. The third-order valence-corrected chi connectivity index (χ3v) is 3.41. The maximum atomic E-state index is 4.34. The van der Waals surface area contributed by atoms with Crippen molar-refractivity contribution in [3.63, 3.8) is 0 Å². The molecule has 0 saturated carbocycles. The fourth-order valence-electron chi connectivity index (χ4n) is 1.61. The molecule has 2 aromatic heterocycles. The standard InChI is InChI=1S/C11H10N3S/c1-9-7-15-11-13(8-12-14(9)11)10-5-3-2-4-6-10/h2-8H,1H3/q+1. The Labute approximate surface area is 91.2 Å². The van der Waals surface area contributed by atoms with Gasteiger partial charge in [0.15, 0.2) is 0 Å². The van der Waals surface area contributed by atoms with E-state index in [2.05, 4.69) is 34.1 Å². The van der Waals surface area contributed by atoms with E-state index >= 15 is 0 Å². The minimum Gasteiger partial charge on any atom is -0.187 e. The number of fused-ring (bicyclic) bond motifs is 1. The highest BCUT2D eigenvalue weighted by Gasteiger charge is 2.15. The van der Waals surface area contributed by atoms with E-state index in [9.17, 15) is 0 Å². The van der Waals surface area contributed by atoms with Crippen LogP contribution >= 0.6 is 11.3 Å². The Morgan fingerprint density at radius 2 is 2.07 bits per heavy atom. The number of hydrogen-bond donors (Lipinski definition) is 0. The molecule has 0 N–H and O–H groups in total. The Balaban J connectivity index is 2.28. The highest BCUT2D eigenvalue weighted by Crippen LogP contribution is 2.12. The van der Waals surface area contributed by atoms with Gasteiger partial charge in [0.2, 0.25) is 0 Å². The molecule has 0 aliphatic heterocycles. The number of aromatic nitrogens is 3. The van der Waals surface area contributed by atoms with Gasteiger partial charge in [-0.1, -0.05) is 34.1 Å². The van der Waals surface area contributed by atoms with Crippen LogP contribution in [0.2, 0.25) is 0 Å². The number of hydrogen-bond acceptors (Lipinski definition) is 2. The minimum absolute atomic E-state index is 1.14. The summed E-state index contributed by atoms with van der Waals surface area (Å²) in [6.07, 6.45) is 1.86. The largest absolute Gasteiger partial charge is 0.328 e. The van der Waals surface area contributed by atoms with Crippen LogP contribution in [-0.2, 0) is 0 Å². The Morgan fingerprint density at radius 1 is 1.27 bits per heavy atom. The predicted molar refractivity (Wildman–Crippen MR) is 59.3 cm³/mol. The van der Waals surface area contributed by atoms with E-state index in [0.29, 0.717) is 0 Å². The van der Waals surface area contributed by atoms with Gasteiger partial charge in [0.05, 0.1) is 0 Å². The zero-order valence-electron chi connectivity index (χ0n) is 8.29. The molecule has 3 aromatic rings. The molecular weight excluding hydrogens is 206 g/mol. The van der Waals surface area contributed by atoms with Gasteiger partial charge in [-0.25, -0.2) is 0 Å². The van der Waals surface area contributed by atoms with Crippen LogP contribution in [0, 0.1) is 6.92 Å². The van der Waals surface area contributed by atoms with Crippen LogP contribution in [0.1, 0.15) is 5.69 Å². The van der Waals surface area contributed by atoms with Crippen LogP contribution in [0.3, 0.4) is 0 Å². The topological polar surface area (TPSA) is 21.2 Å². The van der Waals surface area contributed by atoms with Gasteiger partial charge >= 0.3 is 4.96 Å². The van der Waals surface area contributed by atoms with Crippen LogP contribution in [0.5, 0.6) is 0 Å². The second-order valence-electron chi connectivity index (χ2n) is 3.41. The molecule has 74 valence electrons. The number of nitrogens with zero attached hydrogens (tertiary/aromatic N) is 3. The van der Waals surface area contributed by atoms with Crippen LogP contribution in [0.4, 0.5) is 0 Å². The summed E-state index contributed by atoms with van der Waals surface area (Å²) in [4.78, 5) is 1.14. The first-order valence-corrected chi connectivity index (χ1v) is 5.63. The van der Waals surface area contributed by atoms with Crippen molar-refractivity contribution in [3.8, 4) is 5.69 Å². The molecule has 0 amide bonds. The number of thiazole rings is 1. The molecule has 0 fully saturated rings. The van der Waals surface area contributed by atoms with Gasteiger partial charge < -0.3 is 0 Å². The Bertz CT molecular complexity index is 595. The van der Waals surface area contributed by atoms with E-state index in [1.165, 1.54) is 5.69 Å². The van der Waals surface area contributed by atoms with Crippen molar-refractivity contribution in [2.75, 3.05) is 0 Å². The van der Waals surface area contributed by atoms with E-state index in [4.69, 9.17) is 0 Å². The molecule has 3 nitrogen and oxygen atoms in total. The summed E-state index contributed by atoms with van der Waals surface area (Å²) in [5, 5.41) is 6.46. The molecule has 0 radical (unpaired) electrons. The molecule has 0 aliphatic rings.